The maximum Gasteiger partial charge on any atom is 0.272 e. The number of fused-ring (bicyclic) bond motifs is 1. The third-order valence-corrected chi connectivity index (χ3v) is 5.79. The number of hydrogen-bond acceptors (Lipinski definition) is 3. The first-order chi connectivity index (χ1) is 13.0. The minimum Gasteiger partial charge on any atom is -0.337 e. The topological polar surface area (TPSA) is 41.4 Å². The molecule has 1 fully saturated rings. The molecule has 0 radical (unpaired) electrons. The fourth-order valence-electron chi connectivity index (χ4n) is 3.84. The van der Waals surface area contributed by atoms with Crippen molar-refractivity contribution in [1.29, 1.82) is 0 Å². The molecule has 1 saturated carbocycles. The zero-order valence-electron chi connectivity index (χ0n) is 15.7. The Hall–Kier alpha value is -1.72. The van der Waals surface area contributed by atoms with E-state index < -0.39 is 0 Å². The van der Waals surface area contributed by atoms with E-state index in [9.17, 15) is 4.79 Å². The average Bonchev–Trinajstić information content (AvgIpc) is 3.18. The van der Waals surface area contributed by atoms with E-state index in [0.29, 0.717) is 21.7 Å². The molecule has 4 rings (SSSR count). The Labute approximate surface area is 169 Å². The molecule has 0 atom stereocenters. The summed E-state index contributed by atoms with van der Waals surface area (Å²) in [6, 6.07) is 3.65. The monoisotopic (exact) mass is 406 g/mol. The van der Waals surface area contributed by atoms with Crippen molar-refractivity contribution in [1.82, 2.24) is 14.5 Å². The van der Waals surface area contributed by atoms with Crippen LogP contribution < -0.4 is 4.90 Å². The van der Waals surface area contributed by atoms with Gasteiger partial charge >= 0.3 is 0 Å². The number of carbonyl (C=O) groups is 1. The second-order valence-corrected chi connectivity index (χ2v) is 8.34. The highest BCUT2D eigenvalue weighted by Crippen LogP contribution is 2.39. The molecular formula is C20H24Cl2N4O. The van der Waals surface area contributed by atoms with E-state index in [2.05, 4.69) is 16.8 Å². The standard InChI is InChI=1S/C20H24Cl2N4O/c1-3-6-24(12-14-4-5-14)19(27)17-11-23-20-25(17)7-8-26(20)18-13(2)9-15(21)10-16(18)22/h9-11,14H,3-8,12H2,1-2H3. The van der Waals surface area contributed by atoms with Crippen LogP contribution in [0.5, 0.6) is 0 Å². The van der Waals surface area contributed by atoms with Crippen molar-refractivity contribution in [2.75, 3.05) is 24.5 Å². The molecule has 2 aliphatic rings. The largest absolute Gasteiger partial charge is 0.337 e. The Kier molecular flexibility index (Phi) is 5.08. The molecule has 1 aliphatic heterocycles. The van der Waals surface area contributed by atoms with Crippen LogP contribution in [0.1, 0.15) is 42.2 Å². The van der Waals surface area contributed by atoms with E-state index in [0.717, 1.165) is 49.8 Å². The highest BCUT2D eigenvalue weighted by atomic mass is 35.5. The van der Waals surface area contributed by atoms with Gasteiger partial charge < -0.3 is 14.4 Å². The SMILES string of the molecule is CCCN(CC1CC1)C(=O)c1cnc2n1CCN2c1c(C)cc(Cl)cc1Cl. The molecule has 1 aromatic heterocycles. The van der Waals surface area contributed by atoms with E-state index in [1.54, 1.807) is 12.3 Å². The number of halogens is 2. The molecule has 2 aromatic rings. The van der Waals surface area contributed by atoms with Crippen LogP contribution in [0, 0.1) is 12.8 Å². The first-order valence-electron chi connectivity index (χ1n) is 9.57. The summed E-state index contributed by atoms with van der Waals surface area (Å²) in [5.41, 5.74) is 2.58. The quantitative estimate of drug-likeness (QED) is 0.683. The highest BCUT2D eigenvalue weighted by molar-refractivity contribution is 6.36. The van der Waals surface area contributed by atoms with Crippen LogP contribution >= 0.6 is 23.2 Å². The summed E-state index contributed by atoms with van der Waals surface area (Å²) >= 11 is 12.6. The van der Waals surface area contributed by atoms with Crippen molar-refractivity contribution in [3.8, 4) is 0 Å². The molecule has 27 heavy (non-hydrogen) atoms. The molecule has 1 aliphatic carbocycles. The zero-order valence-corrected chi connectivity index (χ0v) is 17.2. The molecule has 0 bridgehead atoms. The van der Waals surface area contributed by atoms with Crippen molar-refractivity contribution in [3.05, 3.63) is 39.6 Å². The fraction of sp³-hybridized carbons (Fsp3) is 0.500. The Balaban J connectivity index is 1.63. The smallest absolute Gasteiger partial charge is 0.272 e. The van der Waals surface area contributed by atoms with Gasteiger partial charge in [-0.05, 0) is 49.8 Å². The highest BCUT2D eigenvalue weighted by Gasteiger charge is 2.32. The van der Waals surface area contributed by atoms with Crippen molar-refractivity contribution < 1.29 is 4.79 Å². The normalized spacial score (nSPS) is 15.9. The molecule has 0 saturated heterocycles. The second-order valence-electron chi connectivity index (χ2n) is 7.49. The first-order valence-corrected chi connectivity index (χ1v) is 10.3. The molecule has 5 nitrogen and oxygen atoms in total. The molecule has 2 heterocycles. The molecule has 0 unspecified atom stereocenters. The van der Waals surface area contributed by atoms with Gasteiger partial charge in [0.15, 0.2) is 0 Å². The lowest BCUT2D eigenvalue weighted by atomic mass is 10.2. The number of aromatic nitrogens is 2. The summed E-state index contributed by atoms with van der Waals surface area (Å²) in [7, 11) is 0. The number of hydrogen-bond donors (Lipinski definition) is 0. The second kappa shape index (κ2) is 7.36. The summed E-state index contributed by atoms with van der Waals surface area (Å²) < 4.78 is 2.02. The Bertz CT molecular complexity index is 852. The van der Waals surface area contributed by atoms with Crippen LogP contribution in [-0.4, -0.2) is 40.0 Å². The van der Waals surface area contributed by atoms with Crippen molar-refractivity contribution >= 4 is 40.7 Å². The van der Waals surface area contributed by atoms with E-state index >= 15 is 0 Å². The molecule has 0 spiro atoms. The van der Waals surface area contributed by atoms with E-state index in [1.165, 1.54) is 12.8 Å². The number of aryl methyl sites for hydroxylation is 1. The van der Waals surface area contributed by atoms with Gasteiger partial charge in [-0.3, -0.25) is 4.79 Å². The number of carbonyl (C=O) groups excluding carboxylic acids is 1. The van der Waals surface area contributed by atoms with Crippen molar-refractivity contribution in [2.24, 2.45) is 5.92 Å². The number of imidazole rings is 1. The molecule has 1 aromatic carbocycles. The van der Waals surface area contributed by atoms with Gasteiger partial charge in [-0.25, -0.2) is 4.98 Å². The first kappa shape index (κ1) is 18.6. The van der Waals surface area contributed by atoms with Crippen LogP contribution in [-0.2, 0) is 6.54 Å². The minimum absolute atomic E-state index is 0.0864. The van der Waals surface area contributed by atoms with Crippen molar-refractivity contribution in [3.63, 3.8) is 0 Å². The summed E-state index contributed by atoms with van der Waals surface area (Å²) in [5.74, 6) is 1.53. The Morgan fingerprint density at radius 3 is 2.74 bits per heavy atom. The molecule has 1 amide bonds. The third-order valence-electron chi connectivity index (χ3n) is 5.29. The van der Waals surface area contributed by atoms with Crippen LogP contribution in [0.15, 0.2) is 18.3 Å². The predicted octanol–water partition coefficient (Wildman–Crippen LogP) is 4.91. The van der Waals surface area contributed by atoms with Crippen molar-refractivity contribution in [2.45, 2.75) is 39.7 Å². The zero-order chi connectivity index (χ0) is 19.1. The Morgan fingerprint density at radius 2 is 2.07 bits per heavy atom. The molecule has 0 N–H and O–H groups in total. The van der Waals surface area contributed by atoms with Crippen LogP contribution in [0.3, 0.4) is 0 Å². The maximum atomic E-state index is 13.1. The summed E-state index contributed by atoms with van der Waals surface area (Å²) in [4.78, 5) is 21.8. The van der Waals surface area contributed by atoms with Gasteiger partial charge in [-0.1, -0.05) is 30.1 Å². The summed E-state index contributed by atoms with van der Waals surface area (Å²) in [6.07, 6.45) is 5.14. The lowest BCUT2D eigenvalue weighted by Crippen LogP contribution is -2.34. The summed E-state index contributed by atoms with van der Waals surface area (Å²) in [6.45, 7) is 7.21. The number of amides is 1. The predicted molar refractivity (Wildman–Crippen MR) is 109 cm³/mol. The molecule has 144 valence electrons. The fourth-order valence-corrected chi connectivity index (χ4v) is 4.54. The third kappa shape index (κ3) is 3.55. The van der Waals surface area contributed by atoms with Gasteiger partial charge in [0.1, 0.15) is 5.69 Å². The van der Waals surface area contributed by atoms with E-state index in [4.69, 9.17) is 23.2 Å². The number of rotatable bonds is 6. The van der Waals surface area contributed by atoms with Crippen LogP contribution in [0.2, 0.25) is 10.0 Å². The van der Waals surface area contributed by atoms with E-state index in [-0.39, 0.29) is 5.91 Å². The van der Waals surface area contributed by atoms with Crippen LogP contribution in [0.25, 0.3) is 0 Å². The number of nitrogens with zero attached hydrogens (tertiary/aromatic N) is 4. The Morgan fingerprint density at radius 1 is 1.30 bits per heavy atom. The number of benzene rings is 1. The van der Waals surface area contributed by atoms with Gasteiger partial charge in [0.2, 0.25) is 5.95 Å². The number of anilines is 2. The average molecular weight is 407 g/mol. The van der Waals surface area contributed by atoms with Gasteiger partial charge in [0.25, 0.3) is 5.91 Å². The van der Waals surface area contributed by atoms with Gasteiger partial charge in [0, 0.05) is 31.2 Å². The lowest BCUT2D eigenvalue weighted by molar-refractivity contribution is 0.0737. The van der Waals surface area contributed by atoms with Gasteiger partial charge in [0.05, 0.1) is 16.9 Å². The lowest BCUT2D eigenvalue weighted by Gasteiger charge is -2.22. The molecule has 7 heteroatoms. The minimum atomic E-state index is 0.0864. The van der Waals surface area contributed by atoms with Gasteiger partial charge in [-0.15, -0.1) is 0 Å². The molecular weight excluding hydrogens is 383 g/mol. The maximum absolute atomic E-state index is 13.1. The van der Waals surface area contributed by atoms with Gasteiger partial charge in [-0.2, -0.15) is 0 Å². The van der Waals surface area contributed by atoms with Crippen LogP contribution in [0.4, 0.5) is 11.6 Å². The van der Waals surface area contributed by atoms with E-state index in [1.807, 2.05) is 22.5 Å². The summed E-state index contributed by atoms with van der Waals surface area (Å²) in [5, 5.41) is 1.22.